The maximum absolute atomic E-state index is 8.61. The summed E-state index contributed by atoms with van der Waals surface area (Å²) in [6.45, 7) is 10.3. The van der Waals surface area contributed by atoms with Crippen molar-refractivity contribution in [3.8, 4) is 44.8 Å². The van der Waals surface area contributed by atoms with Crippen molar-refractivity contribution >= 4 is 21.9 Å². The van der Waals surface area contributed by atoms with Crippen LogP contribution in [0.1, 0.15) is 54.1 Å². The first-order valence-electron chi connectivity index (χ1n) is 18.4. The van der Waals surface area contributed by atoms with Crippen molar-refractivity contribution in [3.05, 3.63) is 169 Å². The maximum atomic E-state index is 8.61. The number of pyridine rings is 2. The molecule has 1 radical (unpaired) electrons. The summed E-state index contributed by atoms with van der Waals surface area (Å²) in [5, 5.41) is 2.17. The fraction of sp³-hybridized carbons (Fsp3) is 0.167. The molecule has 3 heterocycles. The van der Waals surface area contributed by atoms with E-state index in [1.807, 2.05) is 106 Å². The predicted molar refractivity (Wildman–Crippen MR) is 210 cm³/mol. The van der Waals surface area contributed by atoms with Crippen molar-refractivity contribution < 1.29 is 27.3 Å². The molecule has 1 aliphatic rings. The summed E-state index contributed by atoms with van der Waals surface area (Å²) in [5.74, 6) is 0. The van der Waals surface area contributed by atoms with Gasteiger partial charge in [0.15, 0.2) is 0 Å². The van der Waals surface area contributed by atoms with Crippen molar-refractivity contribution in [1.82, 2.24) is 9.97 Å². The van der Waals surface area contributed by atoms with E-state index in [2.05, 4.69) is 79.5 Å². The summed E-state index contributed by atoms with van der Waals surface area (Å²) in [7, 11) is 0. The zero-order valence-electron chi connectivity index (χ0n) is 31.9. The Morgan fingerprint density at radius 1 is 0.673 bits per heavy atom. The molecular formula is C48H40IrN2O-2. The molecule has 4 heteroatoms. The topological polar surface area (TPSA) is 38.9 Å². The Labute approximate surface area is 323 Å². The van der Waals surface area contributed by atoms with E-state index in [4.69, 9.17) is 12.1 Å². The van der Waals surface area contributed by atoms with Gasteiger partial charge in [0, 0.05) is 51.6 Å². The molecule has 0 N–H and O–H groups in total. The number of benzene rings is 5. The molecule has 0 amide bonds. The molecule has 8 aromatic rings. The standard InChI is InChI=1S/C37H32NO.C11H8N.Ir/c1-36(2,3)22-23-13-15-24(16-14-23)25-19-20-38-32(21-25)30-11-8-10-28-29-18-17-27-26-9-6-7-12-31(26)37(4,5)33(27)35(29)39-34(28)30;1-2-6-10(7-3-1)11-8-4-5-9-12-11;/h6-10,12-21H,22H2,1-5H3;1-6,8-9H;/q2*-1;/i22D2;;. The molecule has 5 aromatic carbocycles. The van der Waals surface area contributed by atoms with E-state index in [1.165, 1.54) is 22.3 Å². The summed E-state index contributed by atoms with van der Waals surface area (Å²) in [4.78, 5) is 8.94. The predicted octanol–water partition coefficient (Wildman–Crippen LogP) is 12.6. The largest absolute Gasteiger partial charge is 0.500 e. The number of hydrogen-bond acceptors (Lipinski definition) is 3. The second-order valence-corrected chi connectivity index (χ2v) is 14.6. The number of fused-ring (bicyclic) bond motifs is 7. The van der Waals surface area contributed by atoms with Crippen LogP contribution in [0.3, 0.4) is 0 Å². The molecule has 3 nitrogen and oxygen atoms in total. The Morgan fingerprint density at radius 3 is 2.17 bits per heavy atom. The third kappa shape index (κ3) is 6.65. The Balaban J connectivity index is 0.000000294. The van der Waals surface area contributed by atoms with Gasteiger partial charge in [0.05, 0.1) is 5.58 Å². The van der Waals surface area contributed by atoms with Crippen LogP contribution >= 0.6 is 0 Å². The summed E-state index contributed by atoms with van der Waals surface area (Å²) in [6.07, 6.45) is 2.17. The van der Waals surface area contributed by atoms with Gasteiger partial charge >= 0.3 is 0 Å². The quantitative estimate of drug-likeness (QED) is 0.166. The maximum Gasteiger partial charge on any atom is 0.125 e. The number of furan rings is 1. The van der Waals surface area contributed by atoms with Crippen molar-refractivity contribution in [1.29, 1.82) is 0 Å². The second-order valence-electron chi connectivity index (χ2n) is 14.6. The average molecular weight is 855 g/mol. The van der Waals surface area contributed by atoms with Gasteiger partial charge in [-0.1, -0.05) is 124 Å². The normalized spacial score (nSPS) is 13.6. The minimum absolute atomic E-state index is 0. The Kier molecular flexibility index (Phi) is 8.88. The second kappa shape index (κ2) is 14.1. The molecule has 9 rings (SSSR count). The molecule has 259 valence electrons. The third-order valence-electron chi connectivity index (χ3n) is 9.52. The molecule has 0 fully saturated rings. The summed E-state index contributed by atoms with van der Waals surface area (Å²) >= 11 is 0. The first-order chi connectivity index (χ1) is 25.4. The van der Waals surface area contributed by atoms with Crippen LogP contribution in [0.15, 0.2) is 144 Å². The van der Waals surface area contributed by atoms with Crippen LogP contribution in [0, 0.1) is 17.5 Å². The number of rotatable bonds is 4. The van der Waals surface area contributed by atoms with Gasteiger partial charge in [-0.05, 0) is 68.7 Å². The van der Waals surface area contributed by atoms with Gasteiger partial charge in [-0.25, -0.2) is 0 Å². The molecule has 0 unspecified atom stereocenters. The van der Waals surface area contributed by atoms with E-state index in [-0.39, 0.29) is 25.5 Å². The first kappa shape index (κ1) is 32.7. The fourth-order valence-corrected chi connectivity index (χ4v) is 7.24. The average Bonchev–Trinajstić information content (AvgIpc) is 3.67. The van der Waals surface area contributed by atoms with Crippen molar-refractivity contribution in [2.45, 2.75) is 46.4 Å². The SMILES string of the molecule is [2H]C([2H])(c1ccc(-c2ccnc(-c3[c-]ccc4c3oc3c5c(ccc34)-c3ccccc3C5(C)C)c2)cc1)C(C)(C)C.[Ir].[c-]1ccccc1-c1ccccn1. The van der Waals surface area contributed by atoms with Gasteiger partial charge < -0.3 is 14.4 Å². The van der Waals surface area contributed by atoms with Crippen molar-refractivity contribution in [3.63, 3.8) is 0 Å². The summed E-state index contributed by atoms with van der Waals surface area (Å²) < 4.78 is 24.0. The van der Waals surface area contributed by atoms with Crippen LogP contribution in [0.4, 0.5) is 0 Å². The smallest absolute Gasteiger partial charge is 0.125 e. The minimum Gasteiger partial charge on any atom is -0.500 e. The number of aromatic nitrogens is 2. The molecule has 0 aliphatic heterocycles. The molecule has 52 heavy (non-hydrogen) atoms. The van der Waals surface area contributed by atoms with Crippen LogP contribution in [-0.4, -0.2) is 9.97 Å². The van der Waals surface area contributed by atoms with E-state index in [1.54, 1.807) is 6.20 Å². The molecule has 0 saturated carbocycles. The van der Waals surface area contributed by atoms with Crippen LogP contribution in [-0.2, 0) is 31.9 Å². The van der Waals surface area contributed by atoms with Gasteiger partial charge in [0.25, 0.3) is 0 Å². The molecule has 0 spiro atoms. The van der Waals surface area contributed by atoms with Gasteiger partial charge in [0.2, 0.25) is 0 Å². The molecule has 3 aromatic heterocycles. The number of hydrogen-bond donors (Lipinski definition) is 0. The van der Waals surface area contributed by atoms with E-state index >= 15 is 0 Å². The van der Waals surface area contributed by atoms with E-state index in [0.29, 0.717) is 5.56 Å². The molecule has 1 aliphatic carbocycles. The first-order valence-corrected chi connectivity index (χ1v) is 17.4. The van der Waals surface area contributed by atoms with E-state index in [9.17, 15) is 0 Å². The fourth-order valence-electron chi connectivity index (χ4n) is 7.24. The summed E-state index contributed by atoms with van der Waals surface area (Å²) in [5.41, 5.74) is 12.5. The molecular weight excluding hydrogens is 813 g/mol. The molecule has 0 atom stereocenters. The third-order valence-corrected chi connectivity index (χ3v) is 9.52. The zero-order chi connectivity index (χ0) is 37.0. The van der Waals surface area contributed by atoms with Gasteiger partial charge in [0.1, 0.15) is 5.58 Å². The van der Waals surface area contributed by atoms with Gasteiger partial charge in [-0.2, -0.15) is 0 Å². The minimum atomic E-state index is -1.43. The Morgan fingerprint density at radius 2 is 1.42 bits per heavy atom. The Bertz CT molecular complexity index is 2550. The Hall–Kier alpha value is -5.15. The van der Waals surface area contributed by atoms with E-state index < -0.39 is 11.8 Å². The molecule has 0 saturated heterocycles. The van der Waals surface area contributed by atoms with Crippen LogP contribution < -0.4 is 0 Å². The van der Waals surface area contributed by atoms with Crippen molar-refractivity contribution in [2.75, 3.05) is 0 Å². The van der Waals surface area contributed by atoms with Crippen LogP contribution in [0.2, 0.25) is 0 Å². The zero-order valence-corrected chi connectivity index (χ0v) is 32.3. The monoisotopic (exact) mass is 855 g/mol. The van der Waals surface area contributed by atoms with Crippen LogP contribution in [0.5, 0.6) is 0 Å². The molecule has 0 bridgehead atoms. The van der Waals surface area contributed by atoms with Crippen molar-refractivity contribution in [2.24, 2.45) is 5.41 Å². The van der Waals surface area contributed by atoms with E-state index in [0.717, 1.165) is 55.6 Å². The van der Waals surface area contributed by atoms with Gasteiger partial charge in [-0.3, -0.25) is 0 Å². The number of nitrogens with zero attached hydrogens (tertiary/aromatic N) is 2. The van der Waals surface area contributed by atoms with Crippen LogP contribution in [0.25, 0.3) is 66.7 Å². The summed E-state index contributed by atoms with van der Waals surface area (Å²) in [6, 6.07) is 49.2. The van der Waals surface area contributed by atoms with Gasteiger partial charge in [-0.15, -0.1) is 54.1 Å².